The van der Waals surface area contributed by atoms with Crippen LogP contribution in [-0.4, -0.2) is 16.0 Å². The van der Waals surface area contributed by atoms with Crippen LogP contribution in [0.1, 0.15) is 10.4 Å². The van der Waals surface area contributed by atoms with E-state index in [0.29, 0.717) is 12.1 Å². The molecular formula is C13H7F2NO5. The molecule has 0 aliphatic rings. The Bertz CT molecular complexity index is 732. The van der Waals surface area contributed by atoms with E-state index < -0.39 is 39.5 Å². The lowest BCUT2D eigenvalue weighted by Gasteiger charge is -2.08. The summed E-state index contributed by atoms with van der Waals surface area (Å²) in [6, 6.07) is 5.86. The predicted octanol–water partition coefficient (Wildman–Crippen LogP) is 3.36. The van der Waals surface area contributed by atoms with Crippen molar-refractivity contribution in [2.24, 2.45) is 0 Å². The van der Waals surface area contributed by atoms with Crippen molar-refractivity contribution in [2.75, 3.05) is 0 Å². The van der Waals surface area contributed by atoms with Crippen LogP contribution in [0.15, 0.2) is 36.4 Å². The van der Waals surface area contributed by atoms with Crippen LogP contribution in [0.5, 0.6) is 11.5 Å². The zero-order valence-electron chi connectivity index (χ0n) is 10.2. The molecule has 0 atom stereocenters. The molecule has 0 spiro atoms. The summed E-state index contributed by atoms with van der Waals surface area (Å²) in [5.74, 6) is -3.99. The Morgan fingerprint density at radius 1 is 1.24 bits per heavy atom. The largest absolute Gasteiger partial charge is 0.477 e. The molecule has 0 aliphatic carbocycles. The molecule has 2 aromatic carbocycles. The van der Waals surface area contributed by atoms with Crippen molar-refractivity contribution in [3.63, 3.8) is 0 Å². The van der Waals surface area contributed by atoms with Crippen LogP contribution in [0.3, 0.4) is 0 Å². The standard InChI is InChI=1S/C13H7F2NO5/c14-7-2-1-3-8(4-7)21-12-5-9(13(17)18)11(16(19)20)6-10(12)15/h1-6H,(H,17,18). The van der Waals surface area contributed by atoms with E-state index in [-0.39, 0.29) is 5.75 Å². The van der Waals surface area contributed by atoms with E-state index in [4.69, 9.17) is 9.84 Å². The van der Waals surface area contributed by atoms with E-state index >= 15 is 0 Å². The van der Waals surface area contributed by atoms with Crippen molar-refractivity contribution in [2.45, 2.75) is 0 Å². The molecule has 108 valence electrons. The molecule has 8 heteroatoms. The average Bonchev–Trinajstić information content (AvgIpc) is 2.40. The summed E-state index contributed by atoms with van der Waals surface area (Å²) in [7, 11) is 0. The van der Waals surface area contributed by atoms with Gasteiger partial charge in [-0.2, -0.15) is 0 Å². The second-order valence-corrected chi connectivity index (χ2v) is 3.92. The van der Waals surface area contributed by atoms with Crippen LogP contribution >= 0.6 is 0 Å². The van der Waals surface area contributed by atoms with E-state index in [9.17, 15) is 23.7 Å². The van der Waals surface area contributed by atoms with Gasteiger partial charge in [-0.1, -0.05) is 6.07 Å². The van der Waals surface area contributed by atoms with E-state index in [1.807, 2.05) is 0 Å². The third kappa shape index (κ3) is 3.11. The quantitative estimate of drug-likeness (QED) is 0.690. The van der Waals surface area contributed by atoms with Crippen LogP contribution < -0.4 is 4.74 Å². The van der Waals surface area contributed by atoms with E-state index in [2.05, 4.69) is 0 Å². The average molecular weight is 295 g/mol. The highest BCUT2D eigenvalue weighted by Gasteiger charge is 2.24. The van der Waals surface area contributed by atoms with Gasteiger partial charge in [0, 0.05) is 12.1 Å². The third-order valence-corrected chi connectivity index (χ3v) is 2.50. The van der Waals surface area contributed by atoms with Crippen LogP contribution in [0.4, 0.5) is 14.5 Å². The fraction of sp³-hybridized carbons (Fsp3) is 0. The number of rotatable bonds is 4. The Balaban J connectivity index is 2.47. The second kappa shape index (κ2) is 5.53. The molecule has 0 heterocycles. The Kier molecular flexibility index (Phi) is 3.79. The van der Waals surface area contributed by atoms with Crippen molar-refractivity contribution in [3.05, 3.63) is 63.7 Å². The number of carboxylic acid groups (broad SMARTS) is 1. The highest BCUT2D eigenvalue weighted by atomic mass is 19.1. The summed E-state index contributed by atoms with van der Waals surface area (Å²) in [5, 5.41) is 19.6. The Hall–Kier alpha value is -3.03. The molecule has 0 saturated heterocycles. The smallest absolute Gasteiger partial charge is 0.342 e. The molecule has 0 fully saturated rings. The molecule has 1 N–H and O–H groups in total. The topological polar surface area (TPSA) is 89.7 Å². The SMILES string of the molecule is O=C(O)c1cc(Oc2cccc(F)c2)c(F)cc1[N+](=O)[O-]. The summed E-state index contributed by atoms with van der Waals surface area (Å²) in [5.41, 5.74) is -1.63. The molecule has 0 amide bonds. The van der Waals surface area contributed by atoms with Gasteiger partial charge >= 0.3 is 5.97 Å². The van der Waals surface area contributed by atoms with Crippen LogP contribution in [0.2, 0.25) is 0 Å². The first-order valence-corrected chi connectivity index (χ1v) is 5.53. The number of carboxylic acids is 1. The highest BCUT2D eigenvalue weighted by molar-refractivity contribution is 5.92. The van der Waals surface area contributed by atoms with Gasteiger partial charge in [-0.15, -0.1) is 0 Å². The first kappa shape index (κ1) is 14.4. The maximum atomic E-state index is 13.7. The molecular weight excluding hydrogens is 288 g/mol. The van der Waals surface area contributed by atoms with Crippen molar-refractivity contribution in [1.82, 2.24) is 0 Å². The van der Waals surface area contributed by atoms with E-state index in [0.717, 1.165) is 12.1 Å². The minimum absolute atomic E-state index is 0.0703. The number of nitro groups is 1. The van der Waals surface area contributed by atoms with Gasteiger partial charge in [0.1, 0.15) is 17.1 Å². The van der Waals surface area contributed by atoms with Gasteiger partial charge in [-0.05, 0) is 12.1 Å². The van der Waals surface area contributed by atoms with E-state index in [1.165, 1.54) is 12.1 Å². The monoisotopic (exact) mass is 295 g/mol. The number of hydrogen-bond donors (Lipinski definition) is 1. The first-order valence-electron chi connectivity index (χ1n) is 5.53. The molecule has 2 aromatic rings. The number of carbonyl (C=O) groups is 1. The molecule has 0 aromatic heterocycles. The van der Waals surface area contributed by atoms with Gasteiger partial charge in [0.25, 0.3) is 5.69 Å². The van der Waals surface area contributed by atoms with Gasteiger partial charge < -0.3 is 9.84 Å². The normalized spacial score (nSPS) is 10.2. The zero-order valence-corrected chi connectivity index (χ0v) is 10.2. The van der Waals surface area contributed by atoms with Crippen LogP contribution in [-0.2, 0) is 0 Å². The molecule has 0 bridgehead atoms. The predicted molar refractivity (Wildman–Crippen MR) is 66.5 cm³/mol. The summed E-state index contributed by atoms with van der Waals surface area (Å²) in [4.78, 5) is 20.6. The fourth-order valence-corrected chi connectivity index (χ4v) is 1.60. The van der Waals surface area contributed by atoms with Crippen LogP contribution in [0.25, 0.3) is 0 Å². The Labute approximate surface area is 116 Å². The second-order valence-electron chi connectivity index (χ2n) is 3.92. The Morgan fingerprint density at radius 3 is 2.52 bits per heavy atom. The number of halogens is 2. The molecule has 0 aliphatic heterocycles. The lowest BCUT2D eigenvalue weighted by molar-refractivity contribution is -0.385. The van der Waals surface area contributed by atoms with E-state index in [1.54, 1.807) is 0 Å². The maximum absolute atomic E-state index is 13.7. The molecule has 21 heavy (non-hydrogen) atoms. The van der Waals surface area contributed by atoms with Gasteiger partial charge in [0.15, 0.2) is 11.6 Å². The fourth-order valence-electron chi connectivity index (χ4n) is 1.60. The van der Waals surface area contributed by atoms with Gasteiger partial charge in [-0.3, -0.25) is 10.1 Å². The number of hydrogen-bond acceptors (Lipinski definition) is 4. The first-order chi connectivity index (χ1) is 9.88. The summed E-state index contributed by atoms with van der Waals surface area (Å²) in [6.45, 7) is 0. The number of nitrogens with zero attached hydrogens (tertiary/aromatic N) is 1. The molecule has 2 rings (SSSR count). The lowest BCUT2D eigenvalue weighted by Crippen LogP contribution is -2.04. The number of benzene rings is 2. The number of aromatic carboxylic acids is 1. The summed E-state index contributed by atoms with van der Waals surface area (Å²) >= 11 is 0. The molecule has 0 radical (unpaired) electrons. The minimum atomic E-state index is -1.61. The number of nitro benzene ring substituents is 1. The molecule has 6 nitrogen and oxygen atoms in total. The zero-order chi connectivity index (χ0) is 15.6. The van der Waals surface area contributed by atoms with Crippen molar-refractivity contribution < 1.29 is 28.3 Å². The van der Waals surface area contributed by atoms with Gasteiger partial charge in [0.2, 0.25) is 0 Å². The molecule has 0 unspecified atom stereocenters. The summed E-state index contributed by atoms with van der Waals surface area (Å²) in [6.07, 6.45) is 0. The minimum Gasteiger partial charge on any atom is -0.477 e. The lowest BCUT2D eigenvalue weighted by atomic mass is 10.1. The Morgan fingerprint density at radius 2 is 1.95 bits per heavy atom. The molecule has 0 saturated carbocycles. The number of ether oxygens (including phenoxy) is 1. The summed E-state index contributed by atoms with van der Waals surface area (Å²) < 4.78 is 31.7. The van der Waals surface area contributed by atoms with Gasteiger partial charge in [0.05, 0.1) is 11.0 Å². The van der Waals surface area contributed by atoms with Crippen molar-refractivity contribution >= 4 is 11.7 Å². The third-order valence-electron chi connectivity index (χ3n) is 2.50. The van der Waals surface area contributed by atoms with Crippen molar-refractivity contribution in [1.29, 1.82) is 0 Å². The highest BCUT2D eigenvalue weighted by Crippen LogP contribution is 2.31. The van der Waals surface area contributed by atoms with Gasteiger partial charge in [-0.25, -0.2) is 13.6 Å². The van der Waals surface area contributed by atoms with Crippen molar-refractivity contribution in [3.8, 4) is 11.5 Å². The maximum Gasteiger partial charge on any atom is 0.342 e. The van der Waals surface area contributed by atoms with Crippen LogP contribution in [0, 0.1) is 21.7 Å².